The average Bonchev–Trinajstić information content (AvgIpc) is 2.57. The number of anilines is 1. The lowest BCUT2D eigenvalue weighted by Gasteiger charge is -2.18. The van der Waals surface area contributed by atoms with Crippen LogP contribution < -0.4 is 10.1 Å². The highest BCUT2D eigenvalue weighted by Crippen LogP contribution is 2.26. The lowest BCUT2D eigenvalue weighted by Crippen LogP contribution is -2.08. The molecule has 23 heavy (non-hydrogen) atoms. The summed E-state index contributed by atoms with van der Waals surface area (Å²) >= 11 is 0. The van der Waals surface area contributed by atoms with Gasteiger partial charge in [-0.05, 0) is 48.7 Å². The maximum absolute atomic E-state index is 8.96. The molecule has 0 heterocycles. The van der Waals surface area contributed by atoms with Crippen LogP contribution in [0.3, 0.4) is 0 Å². The fourth-order valence-corrected chi connectivity index (χ4v) is 2.57. The quantitative estimate of drug-likeness (QED) is 0.782. The molecule has 2 aromatic rings. The van der Waals surface area contributed by atoms with Crippen LogP contribution in [0.25, 0.3) is 0 Å². The Morgan fingerprint density at radius 1 is 1.09 bits per heavy atom. The van der Waals surface area contributed by atoms with Crippen molar-refractivity contribution < 1.29 is 14.6 Å². The third kappa shape index (κ3) is 4.71. The molecule has 0 spiro atoms. The lowest BCUT2D eigenvalue weighted by atomic mass is 10.0. The Hall–Kier alpha value is -2.04. The van der Waals surface area contributed by atoms with Crippen LogP contribution >= 0.6 is 0 Å². The molecule has 4 heteroatoms. The van der Waals surface area contributed by atoms with E-state index in [-0.39, 0.29) is 12.6 Å². The van der Waals surface area contributed by atoms with Crippen molar-refractivity contribution in [2.45, 2.75) is 26.0 Å². The SMILES string of the molecule is COCc1cc(C(C)Nc2ccc(CCO)cc2)ccc1OC. The van der Waals surface area contributed by atoms with Crippen molar-refractivity contribution in [1.82, 2.24) is 0 Å². The van der Waals surface area contributed by atoms with Gasteiger partial charge in [0, 0.05) is 31.0 Å². The second kappa shape index (κ2) is 8.56. The summed E-state index contributed by atoms with van der Waals surface area (Å²) in [7, 11) is 3.35. The highest BCUT2D eigenvalue weighted by atomic mass is 16.5. The highest BCUT2D eigenvalue weighted by molar-refractivity contribution is 5.48. The normalized spacial score (nSPS) is 12.0. The fourth-order valence-electron chi connectivity index (χ4n) is 2.57. The molecule has 1 atom stereocenters. The first-order chi connectivity index (χ1) is 11.2. The number of benzene rings is 2. The number of methoxy groups -OCH3 is 2. The number of rotatable bonds is 8. The van der Waals surface area contributed by atoms with E-state index in [2.05, 4.69) is 24.4 Å². The number of nitrogens with one attached hydrogen (secondary N) is 1. The summed E-state index contributed by atoms with van der Waals surface area (Å²) in [5, 5.41) is 12.4. The van der Waals surface area contributed by atoms with Crippen LogP contribution in [0.15, 0.2) is 42.5 Å². The van der Waals surface area contributed by atoms with Crippen LogP contribution in [0.2, 0.25) is 0 Å². The van der Waals surface area contributed by atoms with Crippen LogP contribution in [-0.4, -0.2) is 25.9 Å². The van der Waals surface area contributed by atoms with Crippen LogP contribution in [0.4, 0.5) is 5.69 Å². The number of ether oxygens (including phenoxy) is 2. The average molecular weight is 315 g/mol. The summed E-state index contributed by atoms with van der Waals surface area (Å²) < 4.78 is 10.6. The van der Waals surface area contributed by atoms with Gasteiger partial charge in [-0.3, -0.25) is 0 Å². The van der Waals surface area contributed by atoms with Gasteiger partial charge in [0.1, 0.15) is 5.75 Å². The van der Waals surface area contributed by atoms with Gasteiger partial charge in [0.15, 0.2) is 0 Å². The number of hydrogen-bond donors (Lipinski definition) is 2. The molecule has 0 saturated carbocycles. The Balaban J connectivity index is 2.10. The van der Waals surface area contributed by atoms with E-state index in [0.717, 1.165) is 22.6 Å². The summed E-state index contributed by atoms with van der Waals surface area (Å²) in [6.07, 6.45) is 0.689. The second-order valence-electron chi connectivity index (χ2n) is 5.54. The van der Waals surface area contributed by atoms with Crippen molar-refractivity contribution in [3.8, 4) is 5.75 Å². The van der Waals surface area contributed by atoms with Gasteiger partial charge in [0.25, 0.3) is 0 Å². The summed E-state index contributed by atoms with van der Waals surface area (Å²) in [6, 6.07) is 14.5. The maximum atomic E-state index is 8.96. The van der Waals surface area contributed by atoms with E-state index in [1.165, 1.54) is 5.56 Å². The van der Waals surface area contributed by atoms with Crippen molar-refractivity contribution in [3.63, 3.8) is 0 Å². The Morgan fingerprint density at radius 3 is 2.43 bits per heavy atom. The van der Waals surface area contributed by atoms with Crippen LogP contribution in [-0.2, 0) is 17.8 Å². The molecule has 0 aromatic heterocycles. The zero-order valence-electron chi connectivity index (χ0n) is 14.0. The molecule has 2 aromatic carbocycles. The molecule has 0 aliphatic rings. The summed E-state index contributed by atoms with van der Waals surface area (Å²) in [4.78, 5) is 0. The predicted molar refractivity (Wildman–Crippen MR) is 93.0 cm³/mol. The van der Waals surface area contributed by atoms with E-state index < -0.39 is 0 Å². The molecule has 2 N–H and O–H groups in total. The van der Waals surface area contributed by atoms with Crippen molar-refractivity contribution in [3.05, 3.63) is 59.2 Å². The van der Waals surface area contributed by atoms with Gasteiger partial charge in [-0.2, -0.15) is 0 Å². The first kappa shape index (κ1) is 17.3. The molecule has 2 rings (SSSR count). The Kier molecular flexibility index (Phi) is 6.44. The fraction of sp³-hybridized carbons (Fsp3) is 0.368. The number of hydrogen-bond acceptors (Lipinski definition) is 4. The van der Waals surface area contributed by atoms with E-state index in [1.807, 2.05) is 30.3 Å². The molecule has 0 bridgehead atoms. The molecule has 0 radical (unpaired) electrons. The minimum Gasteiger partial charge on any atom is -0.496 e. The molecule has 0 fully saturated rings. The van der Waals surface area contributed by atoms with Crippen LogP contribution in [0.5, 0.6) is 5.75 Å². The first-order valence-electron chi connectivity index (χ1n) is 7.80. The Labute approximate surface area is 138 Å². The number of aliphatic hydroxyl groups is 1. The smallest absolute Gasteiger partial charge is 0.124 e. The second-order valence-corrected chi connectivity index (χ2v) is 5.54. The summed E-state index contributed by atoms with van der Waals surface area (Å²) in [6.45, 7) is 2.83. The predicted octanol–water partition coefficient (Wildman–Crippen LogP) is 3.55. The topological polar surface area (TPSA) is 50.7 Å². The third-order valence-electron chi connectivity index (χ3n) is 3.84. The van der Waals surface area contributed by atoms with Crippen LogP contribution in [0, 0.1) is 0 Å². The van der Waals surface area contributed by atoms with E-state index in [0.29, 0.717) is 13.0 Å². The van der Waals surface area contributed by atoms with Gasteiger partial charge in [0.05, 0.1) is 13.7 Å². The van der Waals surface area contributed by atoms with Gasteiger partial charge < -0.3 is 19.9 Å². The van der Waals surface area contributed by atoms with Crippen LogP contribution in [0.1, 0.15) is 29.7 Å². The third-order valence-corrected chi connectivity index (χ3v) is 3.84. The standard InChI is InChI=1S/C19H25NO3/c1-14(20-18-7-4-15(5-8-18)10-11-21)16-6-9-19(23-3)17(12-16)13-22-2/h4-9,12,14,20-21H,10-11,13H2,1-3H3. The molecule has 0 aliphatic carbocycles. The van der Waals surface area contributed by atoms with E-state index >= 15 is 0 Å². The van der Waals surface area contributed by atoms with Gasteiger partial charge in [-0.1, -0.05) is 18.2 Å². The van der Waals surface area contributed by atoms with Crippen molar-refractivity contribution in [1.29, 1.82) is 0 Å². The molecule has 0 saturated heterocycles. The van der Waals surface area contributed by atoms with E-state index in [9.17, 15) is 0 Å². The van der Waals surface area contributed by atoms with Gasteiger partial charge in [-0.15, -0.1) is 0 Å². The van der Waals surface area contributed by atoms with Gasteiger partial charge >= 0.3 is 0 Å². The maximum Gasteiger partial charge on any atom is 0.124 e. The highest BCUT2D eigenvalue weighted by Gasteiger charge is 2.10. The van der Waals surface area contributed by atoms with E-state index in [4.69, 9.17) is 14.6 Å². The zero-order chi connectivity index (χ0) is 16.7. The largest absolute Gasteiger partial charge is 0.496 e. The Bertz CT molecular complexity index is 611. The van der Waals surface area contributed by atoms with Gasteiger partial charge in [0.2, 0.25) is 0 Å². The molecular weight excluding hydrogens is 290 g/mol. The number of aliphatic hydroxyl groups excluding tert-OH is 1. The minimum absolute atomic E-state index is 0.167. The zero-order valence-corrected chi connectivity index (χ0v) is 14.0. The monoisotopic (exact) mass is 315 g/mol. The minimum atomic E-state index is 0.167. The van der Waals surface area contributed by atoms with E-state index in [1.54, 1.807) is 14.2 Å². The molecular formula is C19H25NO3. The molecule has 4 nitrogen and oxygen atoms in total. The summed E-state index contributed by atoms with van der Waals surface area (Å²) in [5.41, 5.74) is 4.41. The van der Waals surface area contributed by atoms with Crippen molar-refractivity contribution in [2.24, 2.45) is 0 Å². The van der Waals surface area contributed by atoms with Crippen molar-refractivity contribution in [2.75, 3.05) is 26.1 Å². The molecule has 1 unspecified atom stereocenters. The molecule has 124 valence electrons. The van der Waals surface area contributed by atoms with Gasteiger partial charge in [-0.25, -0.2) is 0 Å². The molecule has 0 amide bonds. The lowest BCUT2D eigenvalue weighted by molar-refractivity contribution is 0.181. The Morgan fingerprint density at radius 2 is 1.83 bits per heavy atom. The first-order valence-corrected chi connectivity index (χ1v) is 7.80. The van der Waals surface area contributed by atoms with Crippen molar-refractivity contribution >= 4 is 5.69 Å². The summed E-state index contributed by atoms with van der Waals surface area (Å²) in [5.74, 6) is 0.844. The molecule has 0 aliphatic heterocycles.